The minimum Gasteiger partial charge on any atom is -0.443 e. The van der Waals surface area contributed by atoms with Crippen LogP contribution in [0.4, 0.5) is 30.6 Å². The summed E-state index contributed by atoms with van der Waals surface area (Å²) in [5, 5.41) is 0. The molecule has 0 saturated carbocycles. The molecule has 0 aliphatic carbocycles. The second kappa shape index (κ2) is 16.8. The number of carbonyl (C=O) groups is 8. The summed E-state index contributed by atoms with van der Waals surface area (Å²) in [4.78, 5) is 108. The summed E-state index contributed by atoms with van der Waals surface area (Å²) in [5.74, 6) is -0.143. The van der Waals surface area contributed by atoms with E-state index in [2.05, 4.69) is 21.9 Å². The number of rotatable bonds is 4. The number of ether oxygens (including phenoxy) is 2. The molecular formula is C40H45BrN6O10. The van der Waals surface area contributed by atoms with Crippen LogP contribution in [0.3, 0.4) is 0 Å². The number of imide groups is 6. The average Bonchev–Trinajstić information content (AvgIpc) is 3.69. The standard InChI is InChI=1S/C21H23N3O5.C19H22BrN3O5/c1-5-14-6-8-15(9-7-14)22-12-13-23(19(22)27)16-10-11-17(25)24(18(16)26)20(28)29-21(2,3)4;1-19(2,3)28-18(27)23-15(24)9-8-14(16(23)25)22-11-10-21(17(22)26)13-6-4-12(20)5-7-13/h1,6-9,16H,10-13H2,2-4H3;4-7,14H,8-11H2,1-3H3. The van der Waals surface area contributed by atoms with Crippen LogP contribution in [-0.2, 0) is 28.7 Å². The van der Waals surface area contributed by atoms with Gasteiger partial charge in [-0.3, -0.25) is 29.0 Å². The van der Waals surface area contributed by atoms with Gasteiger partial charge in [0.15, 0.2) is 0 Å². The van der Waals surface area contributed by atoms with Gasteiger partial charge in [-0.15, -0.1) is 6.42 Å². The number of carbonyl (C=O) groups excluding carboxylic acids is 8. The molecule has 0 N–H and O–H groups in total. The third kappa shape index (κ3) is 9.62. The number of amides is 10. The first kappa shape index (κ1) is 42.4. The average molecular weight is 850 g/mol. The molecule has 302 valence electrons. The Bertz CT molecular complexity index is 2000. The van der Waals surface area contributed by atoms with Crippen molar-refractivity contribution in [3.8, 4) is 12.3 Å². The molecular weight excluding hydrogens is 804 g/mol. The van der Waals surface area contributed by atoms with Crippen molar-refractivity contribution in [3.05, 3.63) is 58.6 Å². The topological polar surface area (TPSA) is 174 Å². The Labute approximate surface area is 339 Å². The molecule has 4 aliphatic heterocycles. The molecule has 2 atom stereocenters. The van der Waals surface area contributed by atoms with E-state index < -0.39 is 59.1 Å². The SMILES string of the molecule is C#Cc1ccc(N2CCN(C3CCC(=O)N(C(=O)OC(C)(C)C)C3=O)C2=O)cc1.CC(C)(C)OC(=O)N1C(=O)CCC(N2CCN(c3ccc(Br)cc3)C2=O)C1=O. The van der Waals surface area contributed by atoms with Crippen molar-refractivity contribution < 1.29 is 47.8 Å². The largest absolute Gasteiger partial charge is 0.443 e. The van der Waals surface area contributed by atoms with Gasteiger partial charge in [0.1, 0.15) is 23.3 Å². The minimum absolute atomic E-state index is 0.00227. The van der Waals surface area contributed by atoms with Crippen molar-refractivity contribution in [2.24, 2.45) is 0 Å². The molecule has 4 saturated heterocycles. The number of benzene rings is 2. The molecule has 17 heteroatoms. The molecule has 57 heavy (non-hydrogen) atoms. The van der Waals surface area contributed by atoms with Crippen molar-refractivity contribution in [1.82, 2.24) is 19.6 Å². The van der Waals surface area contributed by atoms with Gasteiger partial charge in [-0.05, 0) is 103 Å². The predicted octanol–water partition coefficient (Wildman–Crippen LogP) is 5.51. The summed E-state index contributed by atoms with van der Waals surface area (Å²) < 4.78 is 11.3. The zero-order valence-electron chi connectivity index (χ0n) is 32.7. The van der Waals surface area contributed by atoms with E-state index in [4.69, 9.17) is 15.9 Å². The fourth-order valence-electron chi connectivity index (χ4n) is 6.64. The van der Waals surface area contributed by atoms with E-state index in [9.17, 15) is 38.4 Å². The lowest BCUT2D eigenvalue weighted by atomic mass is 10.0. The Kier molecular flexibility index (Phi) is 12.5. The van der Waals surface area contributed by atoms with Gasteiger partial charge < -0.3 is 19.3 Å². The maximum absolute atomic E-state index is 12.9. The molecule has 0 spiro atoms. The van der Waals surface area contributed by atoms with Crippen molar-refractivity contribution in [3.63, 3.8) is 0 Å². The van der Waals surface area contributed by atoms with E-state index >= 15 is 0 Å². The van der Waals surface area contributed by atoms with Crippen LogP contribution in [-0.4, -0.2) is 117 Å². The van der Waals surface area contributed by atoms with Gasteiger partial charge in [-0.25, -0.2) is 19.2 Å². The zero-order chi connectivity index (χ0) is 42.0. The fourth-order valence-corrected chi connectivity index (χ4v) is 6.90. The van der Waals surface area contributed by atoms with E-state index in [1.807, 2.05) is 24.3 Å². The normalized spacial score (nSPS) is 20.5. The summed E-state index contributed by atoms with van der Waals surface area (Å²) in [6.45, 7) is 11.4. The number of nitrogens with zero attached hydrogens (tertiary/aromatic N) is 6. The number of likely N-dealkylation sites (tertiary alicyclic amines) is 2. The molecule has 2 aromatic rings. The Morgan fingerprint density at radius 1 is 0.632 bits per heavy atom. The van der Waals surface area contributed by atoms with Crippen LogP contribution in [0.2, 0.25) is 0 Å². The molecule has 2 aromatic carbocycles. The molecule has 0 radical (unpaired) electrons. The van der Waals surface area contributed by atoms with Crippen LogP contribution in [0.5, 0.6) is 0 Å². The highest BCUT2D eigenvalue weighted by atomic mass is 79.9. The van der Waals surface area contributed by atoms with Crippen molar-refractivity contribution >= 4 is 75.2 Å². The monoisotopic (exact) mass is 848 g/mol. The molecule has 10 amide bonds. The minimum atomic E-state index is -1.01. The number of urea groups is 2. The van der Waals surface area contributed by atoms with Crippen LogP contribution in [0.25, 0.3) is 0 Å². The lowest BCUT2D eigenvalue weighted by Gasteiger charge is -2.34. The lowest BCUT2D eigenvalue weighted by molar-refractivity contribution is -0.152. The van der Waals surface area contributed by atoms with E-state index in [-0.39, 0.29) is 37.7 Å². The molecule has 2 unspecified atom stereocenters. The van der Waals surface area contributed by atoms with E-state index in [0.717, 1.165) is 10.2 Å². The number of terminal acetylenes is 1. The summed E-state index contributed by atoms with van der Waals surface area (Å²) >= 11 is 3.36. The van der Waals surface area contributed by atoms with Crippen molar-refractivity contribution in [2.45, 2.75) is 90.5 Å². The van der Waals surface area contributed by atoms with Crippen molar-refractivity contribution in [1.29, 1.82) is 0 Å². The van der Waals surface area contributed by atoms with Crippen LogP contribution in [0.1, 0.15) is 72.8 Å². The van der Waals surface area contributed by atoms with Crippen LogP contribution in [0, 0.1) is 12.3 Å². The molecule has 4 fully saturated rings. The lowest BCUT2D eigenvalue weighted by Crippen LogP contribution is -2.57. The van der Waals surface area contributed by atoms with Gasteiger partial charge in [0, 0.05) is 60.4 Å². The van der Waals surface area contributed by atoms with Crippen LogP contribution >= 0.6 is 15.9 Å². The first-order valence-corrected chi connectivity index (χ1v) is 19.2. The maximum atomic E-state index is 12.9. The van der Waals surface area contributed by atoms with E-state index in [0.29, 0.717) is 47.2 Å². The van der Waals surface area contributed by atoms with Gasteiger partial charge in [0.05, 0.1) is 0 Å². The third-order valence-corrected chi connectivity index (χ3v) is 9.77. The van der Waals surface area contributed by atoms with E-state index in [1.54, 1.807) is 75.6 Å². The molecule has 0 bridgehead atoms. The van der Waals surface area contributed by atoms with Gasteiger partial charge >= 0.3 is 24.2 Å². The van der Waals surface area contributed by atoms with Gasteiger partial charge in [0.25, 0.3) is 11.8 Å². The summed E-state index contributed by atoms with van der Waals surface area (Å²) in [5.41, 5.74) is 0.395. The quantitative estimate of drug-likeness (QED) is 0.282. The Balaban J connectivity index is 0.000000218. The highest BCUT2D eigenvalue weighted by molar-refractivity contribution is 9.10. The van der Waals surface area contributed by atoms with Crippen molar-refractivity contribution in [2.75, 3.05) is 36.0 Å². The van der Waals surface area contributed by atoms with Crippen LogP contribution in [0.15, 0.2) is 53.0 Å². The number of piperidine rings is 2. The number of halogens is 1. The summed E-state index contributed by atoms with van der Waals surface area (Å²) in [7, 11) is 0. The van der Waals surface area contributed by atoms with Gasteiger partial charge in [0.2, 0.25) is 11.8 Å². The zero-order valence-corrected chi connectivity index (χ0v) is 34.2. The smallest absolute Gasteiger partial charge is 0.424 e. The first-order chi connectivity index (χ1) is 26.7. The molecule has 0 aromatic heterocycles. The third-order valence-electron chi connectivity index (χ3n) is 9.24. The van der Waals surface area contributed by atoms with Gasteiger partial charge in [-0.1, -0.05) is 21.9 Å². The molecule has 4 aliphatic rings. The maximum Gasteiger partial charge on any atom is 0.424 e. The molecule has 16 nitrogen and oxygen atoms in total. The van der Waals surface area contributed by atoms with Gasteiger partial charge in [-0.2, -0.15) is 9.80 Å². The second-order valence-corrected chi connectivity index (χ2v) is 16.5. The Morgan fingerprint density at radius 3 is 1.35 bits per heavy atom. The number of anilines is 2. The number of hydrogen-bond donors (Lipinski definition) is 0. The first-order valence-electron chi connectivity index (χ1n) is 18.4. The highest BCUT2D eigenvalue weighted by Gasteiger charge is 2.48. The van der Waals surface area contributed by atoms with Crippen LogP contribution < -0.4 is 9.80 Å². The second-order valence-electron chi connectivity index (χ2n) is 15.6. The summed E-state index contributed by atoms with van der Waals surface area (Å²) in [6, 6.07) is 11.8. The van der Waals surface area contributed by atoms with E-state index in [1.165, 1.54) is 9.80 Å². The number of hydrogen-bond acceptors (Lipinski definition) is 10. The summed E-state index contributed by atoms with van der Waals surface area (Å²) in [6.07, 6.45) is 3.70. The molecule has 4 heterocycles. The fraction of sp³-hybridized carbons (Fsp3) is 0.450. The predicted molar refractivity (Wildman–Crippen MR) is 210 cm³/mol. The highest BCUT2D eigenvalue weighted by Crippen LogP contribution is 2.30. The Morgan fingerprint density at radius 2 is 1.00 bits per heavy atom. The molecule has 6 rings (SSSR count). The Hall–Kier alpha value is -5.76.